The number of pyridine rings is 2. The number of nitrogens with zero attached hydrogens (tertiary/aromatic N) is 2. The van der Waals surface area contributed by atoms with E-state index in [1.54, 1.807) is 12.1 Å². The maximum Gasteiger partial charge on any atom is 0.214 e. The molecule has 0 aliphatic rings. The smallest absolute Gasteiger partial charge is 0.214 e. The highest BCUT2D eigenvalue weighted by molar-refractivity contribution is 6.08. The highest BCUT2D eigenvalue weighted by atomic mass is 19.1. The molecule has 18 heavy (non-hydrogen) atoms. The molecular weight excluding hydrogens is 238 g/mol. The van der Waals surface area contributed by atoms with E-state index in [2.05, 4.69) is 9.97 Å². The Morgan fingerprint density at radius 1 is 1.33 bits per heavy atom. The van der Waals surface area contributed by atoms with Crippen LogP contribution in [0.3, 0.4) is 0 Å². The van der Waals surface area contributed by atoms with Crippen LogP contribution in [-0.4, -0.2) is 15.8 Å². The van der Waals surface area contributed by atoms with E-state index in [-0.39, 0.29) is 11.3 Å². The molecule has 2 rings (SSSR count). The molecule has 0 spiro atoms. The number of hydrogen-bond donors (Lipinski definition) is 0. The minimum absolute atomic E-state index is 0.143. The van der Waals surface area contributed by atoms with Gasteiger partial charge in [0, 0.05) is 12.3 Å². The Morgan fingerprint density at radius 3 is 2.83 bits per heavy atom. The summed E-state index contributed by atoms with van der Waals surface area (Å²) < 4.78 is 26.4. The Morgan fingerprint density at radius 2 is 2.11 bits per heavy atom. The van der Waals surface area contributed by atoms with E-state index >= 15 is 0 Å². The third kappa shape index (κ3) is 2.25. The van der Waals surface area contributed by atoms with Crippen LogP contribution in [0.2, 0.25) is 0 Å². The molecule has 0 radical (unpaired) electrons. The van der Waals surface area contributed by atoms with Crippen LogP contribution in [0.5, 0.6) is 0 Å². The molecule has 5 heteroatoms. The first kappa shape index (κ1) is 12.3. The minimum Gasteiger partial charge on any atom is -0.287 e. The van der Waals surface area contributed by atoms with Crippen molar-refractivity contribution in [3.63, 3.8) is 0 Å². The van der Waals surface area contributed by atoms with Crippen LogP contribution in [0, 0.1) is 11.8 Å². The fourth-order valence-electron chi connectivity index (χ4n) is 1.64. The van der Waals surface area contributed by atoms with Gasteiger partial charge in [-0.2, -0.15) is 4.39 Å². The maximum atomic E-state index is 13.5. The molecule has 0 unspecified atom stereocenters. The zero-order valence-electron chi connectivity index (χ0n) is 9.65. The van der Waals surface area contributed by atoms with E-state index in [9.17, 15) is 13.6 Å². The summed E-state index contributed by atoms with van der Waals surface area (Å²) in [6, 6.07) is 4.21. The standard InChI is InChI=1S/C13H10F2N2O/c1-2-8-4-3-5-16-12(8)13(18)9-6-11(15)17-7-10(9)14/h3-7H,2H2,1H3. The van der Waals surface area contributed by atoms with Gasteiger partial charge in [-0.05, 0) is 18.1 Å². The van der Waals surface area contributed by atoms with Crippen LogP contribution in [-0.2, 0) is 6.42 Å². The summed E-state index contributed by atoms with van der Waals surface area (Å²) in [4.78, 5) is 19.2. The van der Waals surface area contributed by atoms with Crippen LogP contribution in [0.25, 0.3) is 0 Å². The molecule has 0 aliphatic heterocycles. The zero-order valence-corrected chi connectivity index (χ0v) is 9.65. The van der Waals surface area contributed by atoms with Crippen molar-refractivity contribution in [2.24, 2.45) is 0 Å². The first-order valence-corrected chi connectivity index (χ1v) is 5.43. The molecule has 2 aromatic rings. The van der Waals surface area contributed by atoms with E-state index in [1.165, 1.54) is 6.20 Å². The zero-order chi connectivity index (χ0) is 13.1. The van der Waals surface area contributed by atoms with Crippen molar-refractivity contribution in [2.45, 2.75) is 13.3 Å². The second kappa shape index (κ2) is 5.00. The number of ketones is 1. The Kier molecular flexibility index (Phi) is 3.41. The van der Waals surface area contributed by atoms with Gasteiger partial charge in [-0.1, -0.05) is 13.0 Å². The summed E-state index contributed by atoms with van der Waals surface area (Å²) in [6.45, 7) is 1.86. The quantitative estimate of drug-likeness (QED) is 0.619. The third-order valence-corrected chi connectivity index (χ3v) is 2.55. The normalized spacial score (nSPS) is 10.4. The number of rotatable bonds is 3. The van der Waals surface area contributed by atoms with Crippen LogP contribution >= 0.6 is 0 Å². The van der Waals surface area contributed by atoms with Gasteiger partial charge < -0.3 is 0 Å². The minimum atomic E-state index is -0.895. The highest BCUT2D eigenvalue weighted by Crippen LogP contribution is 2.15. The number of carbonyl (C=O) groups excluding carboxylic acids is 1. The second-order valence-corrected chi connectivity index (χ2v) is 3.68. The number of hydrogen-bond acceptors (Lipinski definition) is 3. The molecule has 0 amide bonds. The lowest BCUT2D eigenvalue weighted by atomic mass is 10.0. The second-order valence-electron chi connectivity index (χ2n) is 3.68. The van der Waals surface area contributed by atoms with Crippen molar-refractivity contribution in [1.82, 2.24) is 9.97 Å². The monoisotopic (exact) mass is 248 g/mol. The summed E-state index contributed by atoms with van der Waals surface area (Å²) in [5.41, 5.74) is 0.486. The summed E-state index contributed by atoms with van der Waals surface area (Å²) in [5, 5.41) is 0. The van der Waals surface area contributed by atoms with Crippen LogP contribution < -0.4 is 0 Å². The van der Waals surface area contributed by atoms with E-state index in [0.29, 0.717) is 18.2 Å². The molecule has 0 N–H and O–H groups in total. The Labute approximate surface area is 103 Å². The third-order valence-electron chi connectivity index (χ3n) is 2.55. The first-order valence-electron chi connectivity index (χ1n) is 5.43. The lowest BCUT2D eigenvalue weighted by Gasteiger charge is -2.06. The molecule has 2 heterocycles. The number of carbonyl (C=O) groups is 1. The molecule has 0 atom stereocenters. The van der Waals surface area contributed by atoms with Crippen molar-refractivity contribution in [3.05, 3.63) is 59.2 Å². The van der Waals surface area contributed by atoms with Gasteiger partial charge in [0.05, 0.1) is 11.8 Å². The van der Waals surface area contributed by atoms with Crippen molar-refractivity contribution in [2.75, 3.05) is 0 Å². The fourth-order valence-corrected chi connectivity index (χ4v) is 1.64. The Hall–Kier alpha value is -2.17. The van der Waals surface area contributed by atoms with E-state index in [0.717, 1.165) is 6.07 Å². The average molecular weight is 248 g/mol. The van der Waals surface area contributed by atoms with Crippen LogP contribution in [0.15, 0.2) is 30.6 Å². The molecule has 0 fully saturated rings. The van der Waals surface area contributed by atoms with E-state index in [4.69, 9.17) is 0 Å². The lowest BCUT2D eigenvalue weighted by molar-refractivity contribution is 0.102. The van der Waals surface area contributed by atoms with Crippen LogP contribution in [0.4, 0.5) is 8.78 Å². The van der Waals surface area contributed by atoms with Gasteiger partial charge in [0.2, 0.25) is 11.7 Å². The largest absolute Gasteiger partial charge is 0.287 e. The SMILES string of the molecule is CCc1cccnc1C(=O)c1cc(F)ncc1F. The van der Waals surface area contributed by atoms with Crippen molar-refractivity contribution < 1.29 is 13.6 Å². The number of aromatic nitrogens is 2. The number of halogens is 2. The molecule has 2 aromatic heterocycles. The Bertz CT molecular complexity index is 599. The highest BCUT2D eigenvalue weighted by Gasteiger charge is 2.19. The lowest BCUT2D eigenvalue weighted by Crippen LogP contribution is -2.10. The predicted octanol–water partition coefficient (Wildman–Crippen LogP) is 2.55. The molecule has 0 bridgehead atoms. The van der Waals surface area contributed by atoms with Crippen molar-refractivity contribution >= 4 is 5.78 Å². The summed E-state index contributed by atoms with van der Waals surface area (Å²) >= 11 is 0. The first-order chi connectivity index (χ1) is 8.63. The number of aryl methyl sites for hydroxylation is 1. The van der Waals surface area contributed by atoms with Gasteiger partial charge in [0.25, 0.3) is 0 Å². The molecule has 0 saturated heterocycles. The van der Waals surface area contributed by atoms with E-state index < -0.39 is 17.5 Å². The molecule has 0 saturated carbocycles. The molecule has 0 aliphatic carbocycles. The average Bonchev–Trinajstić information content (AvgIpc) is 2.40. The molecule has 92 valence electrons. The van der Waals surface area contributed by atoms with Gasteiger partial charge in [0.1, 0.15) is 5.69 Å². The molecular formula is C13H10F2N2O. The fraction of sp³-hybridized carbons (Fsp3) is 0.154. The summed E-state index contributed by atoms with van der Waals surface area (Å²) in [5.74, 6) is -2.38. The van der Waals surface area contributed by atoms with Gasteiger partial charge in [-0.3, -0.25) is 9.78 Å². The molecule has 0 aromatic carbocycles. The van der Waals surface area contributed by atoms with Gasteiger partial charge >= 0.3 is 0 Å². The summed E-state index contributed by atoms with van der Waals surface area (Å²) in [7, 11) is 0. The van der Waals surface area contributed by atoms with Crippen LogP contribution in [0.1, 0.15) is 28.5 Å². The topological polar surface area (TPSA) is 42.9 Å². The van der Waals surface area contributed by atoms with Crippen molar-refractivity contribution in [3.8, 4) is 0 Å². The van der Waals surface area contributed by atoms with Gasteiger partial charge in [-0.25, -0.2) is 9.37 Å². The van der Waals surface area contributed by atoms with Gasteiger partial charge in [-0.15, -0.1) is 0 Å². The van der Waals surface area contributed by atoms with Crippen molar-refractivity contribution in [1.29, 1.82) is 0 Å². The maximum absolute atomic E-state index is 13.5. The predicted molar refractivity (Wildman–Crippen MR) is 61.2 cm³/mol. The molecule has 3 nitrogen and oxygen atoms in total. The Balaban J connectivity index is 2.51. The van der Waals surface area contributed by atoms with E-state index in [1.807, 2.05) is 6.92 Å². The van der Waals surface area contributed by atoms with Gasteiger partial charge in [0.15, 0.2) is 5.82 Å². The summed E-state index contributed by atoms with van der Waals surface area (Å²) in [6.07, 6.45) is 2.73.